The number of carbonyl (C=O) groups excluding carboxylic acids is 1. The molecule has 0 spiro atoms. The van der Waals surface area contributed by atoms with E-state index in [1.807, 2.05) is 49.4 Å². The van der Waals surface area contributed by atoms with E-state index in [1.165, 1.54) is 0 Å². The first-order chi connectivity index (χ1) is 16.6. The summed E-state index contributed by atoms with van der Waals surface area (Å²) < 4.78 is 10.9. The number of aromatic nitrogens is 3. The number of phenolic OH excluding ortho intramolecular Hbond substituents is 1. The maximum atomic E-state index is 13.5. The number of pyridine rings is 1. The molecule has 5 rings (SSSR count). The zero-order valence-corrected chi connectivity index (χ0v) is 18.9. The quantitative estimate of drug-likeness (QED) is 0.429. The van der Waals surface area contributed by atoms with Gasteiger partial charge >= 0.3 is 0 Å². The van der Waals surface area contributed by atoms with Crippen molar-refractivity contribution >= 4 is 5.91 Å². The molecule has 1 unspecified atom stereocenters. The van der Waals surface area contributed by atoms with Gasteiger partial charge in [0.05, 0.1) is 25.5 Å². The highest BCUT2D eigenvalue weighted by Crippen LogP contribution is 2.45. The zero-order valence-electron chi connectivity index (χ0n) is 18.9. The first-order valence-corrected chi connectivity index (χ1v) is 11.0. The van der Waals surface area contributed by atoms with Crippen LogP contribution in [0.3, 0.4) is 0 Å². The Bertz CT molecular complexity index is 1320. The second kappa shape index (κ2) is 8.90. The van der Waals surface area contributed by atoms with Gasteiger partial charge in [-0.05, 0) is 60.5 Å². The summed E-state index contributed by atoms with van der Waals surface area (Å²) in [4.78, 5) is 19.5. The number of rotatable bonds is 7. The molecule has 1 aliphatic heterocycles. The molecule has 2 N–H and O–H groups in total. The molecule has 1 aliphatic rings. The molecule has 2 aromatic heterocycles. The van der Waals surface area contributed by atoms with E-state index in [2.05, 4.69) is 15.2 Å². The lowest BCUT2D eigenvalue weighted by molar-refractivity contribution is 0.0729. The summed E-state index contributed by atoms with van der Waals surface area (Å²) in [5, 5.41) is 17.7. The molecule has 8 heteroatoms. The molecule has 0 saturated heterocycles. The Morgan fingerprint density at radius 1 is 1.15 bits per heavy atom. The standard InChI is InChI=1S/C26H24N4O4/c1-3-34-21-13-18(8-11-20(21)31)25-22-23(17-6-9-19(33-2)10-7-17)28-29-24(22)26(32)30(25)15-16-5-4-12-27-14-16/h4-14,25,31H,3,15H2,1-2H3,(H,28,29). The Morgan fingerprint density at radius 3 is 2.68 bits per heavy atom. The molecule has 4 aromatic rings. The molecule has 0 radical (unpaired) electrons. The molecular weight excluding hydrogens is 432 g/mol. The molecule has 1 atom stereocenters. The molecule has 34 heavy (non-hydrogen) atoms. The number of H-pyrrole nitrogens is 1. The molecule has 3 heterocycles. The van der Waals surface area contributed by atoms with E-state index in [0.717, 1.165) is 28.0 Å². The fraction of sp³-hybridized carbons (Fsp3) is 0.192. The van der Waals surface area contributed by atoms with Crippen LogP contribution in [0.15, 0.2) is 67.0 Å². The highest BCUT2D eigenvalue weighted by atomic mass is 16.5. The minimum Gasteiger partial charge on any atom is -0.504 e. The number of carbonyl (C=O) groups is 1. The zero-order chi connectivity index (χ0) is 23.7. The topological polar surface area (TPSA) is 101 Å². The maximum absolute atomic E-state index is 13.5. The van der Waals surface area contributed by atoms with E-state index in [9.17, 15) is 9.90 Å². The third kappa shape index (κ3) is 3.73. The van der Waals surface area contributed by atoms with E-state index in [0.29, 0.717) is 30.3 Å². The number of hydrogen-bond acceptors (Lipinski definition) is 6. The van der Waals surface area contributed by atoms with Crippen LogP contribution in [0.1, 0.15) is 40.1 Å². The third-order valence-electron chi connectivity index (χ3n) is 5.90. The molecule has 0 bridgehead atoms. The summed E-state index contributed by atoms with van der Waals surface area (Å²) in [5.74, 6) is 1.01. The van der Waals surface area contributed by atoms with E-state index in [1.54, 1.807) is 36.5 Å². The minimum absolute atomic E-state index is 0.0523. The molecular formula is C26H24N4O4. The van der Waals surface area contributed by atoms with Crippen molar-refractivity contribution in [3.05, 3.63) is 89.4 Å². The van der Waals surface area contributed by atoms with Crippen LogP contribution in [0.5, 0.6) is 17.2 Å². The van der Waals surface area contributed by atoms with Gasteiger partial charge in [-0.25, -0.2) is 0 Å². The van der Waals surface area contributed by atoms with Crippen LogP contribution in [0.25, 0.3) is 11.3 Å². The third-order valence-corrected chi connectivity index (χ3v) is 5.90. The van der Waals surface area contributed by atoms with Crippen LogP contribution in [0.2, 0.25) is 0 Å². The lowest BCUT2D eigenvalue weighted by atomic mass is 9.95. The number of benzene rings is 2. The van der Waals surface area contributed by atoms with Crippen LogP contribution >= 0.6 is 0 Å². The van der Waals surface area contributed by atoms with E-state index < -0.39 is 6.04 Å². The summed E-state index contributed by atoms with van der Waals surface area (Å²) in [6, 6.07) is 16.1. The SMILES string of the molecule is CCOc1cc(C2c3c(-c4ccc(OC)cc4)n[nH]c3C(=O)N2Cc2cccnc2)ccc1O. The van der Waals surface area contributed by atoms with Crippen LogP contribution in [0, 0.1) is 0 Å². The number of ether oxygens (including phenoxy) is 2. The van der Waals surface area contributed by atoms with Gasteiger partial charge in [-0.1, -0.05) is 12.1 Å². The molecule has 8 nitrogen and oxygen atoms in total. The van der Waals surface area contributed by atoms with Gasteiger partial charge in [0.15, 0.2) is 11.5 Å². The number of phenols is 1. The Kier molecular flexibility index (Phi) is 5.63. The van der Waals surface area contributed by atoms with E-state index >= 15 is 0 Å². The normalized spacial score (nSPS) is 14.8. The first kappa shape index (κ1) is 21.5. The fourth-order valence-corrected chi connectivity index (χ4v) is 4.34. The van der Waals surface area contributed by atoms with Gasteiger partial charge in [-0.2, -0.15) is 5.10 Å². The van der Waals surface area contributed by atoms with E-state index in [-0.39, 0.29) is 11.7 Å². The summed E-state index contributed by atoms with van der Waals surface area (Å²) in [6.07, 6.45) is 3.46. The average Bonchev–Trinajstić information content (AvgIpc) is 3.41. The number of aromatic hydroxyl groups is 1. The average molecular weight is 457 g/mol. The van der Waals surface area contributed by atoms with Gasteiger partial charge in [0.1, 0.15) is 11.4 Å². The van der Waals surface area contributed by atoms with Crippen molar-refractivity contribution in [2.24, 2.45) is 0 Å². The van der Waals surface area contributed by atoms with Crippen LogP contribution in [-0.2, 0) is 6.54 Å². The number of amides is 1. The predicted molar refractivity (Wildman–Crippen MR) is 126 cm³/mol. The van der Waals surface area contributed by atoms with Gasteiger partial charge in [0.2, 0.25) is 0 Å². The Morgan fingerprint density at radius 2 is 1.97 bits per heavy atom. The van der Waals surface area contributed by atoms with Crippen molar-refractivity contribution in [1.82, 2.24) is 20.1 Å². The highest BCUT2D eigenvalue weighted by molar-refractivity contribution is 6.00. The van der Waals surface area contributed by atoms with Crippen molar-refractivity contribution in [3.63, 3.8) is 0 Å². The fourth-order valence-electron chi connectivity index (χ4n) is 4.34. The molecule has 172 valence electrons. The number of fused-ring (bicyclic) bond motifs is 1. The molecule has 2 aromatic carbocycles. The lowest BCUT2D eigenvalue weighted by Crippen LogP contribution is -2.29. The number of nitrogens with zero attached hydrogens (tertiary/aromatic N) is 3. The number of nitrogens with one attached hydrogen (secondary N) is 1. The van der Waals surface area contributed by atoms with E-state index in [4.69, 9.17) is 9.47 Å². The van der Waals surface area contributed by atoms with Gasteiger partial charge in [0, 0.05) is 30.1 Å². The summed E-state index contributed by atoms with van der Waals surface area (Å²) in [7, 11) is 1.62. The first-order valence-electron chi connectivity index (χ1n) is 11.0. The summed E-state index contributed by atoms with van der Waals surface area (Å²) in [5.41, 5.74) is 4.51. The lowest BCUT2D eigenvalue weighted by Gasteiger charge is -2.27. The Hall–Kier alpha value is -4.33. The van der Waals surface area contributed by atoms with Crippen molar-refractivity contribution in [2.75, 3.05) is 13.7 Å². The molecule has 0 aliphatic carbocycles. The highest BCUT2D eigenvalue weighted by Gasteiger charge is 2.42. The van der Waals surface area contributed by atoms with Gasteiger partial charge < -0.3 is 19.5 Å². The number of aromatic amines is 1. The van der Waals surface area contributed by atoms with Crippen LogP contribution in [0.4, 0.5) is 0 Å². The van der Waals surface area contributed by atoms with Crippen LogP contribution in [-0.4, -0.2) is 44.8 Å². The number of hydrogen-bond donors (Lipinski definition) is 2. The monoisotopic (exact) mass is 456 g/mol. The molecule has 0 fully saturated rings. The van der Waals surface area contributed by atoms with Gasteiger partial charge in [-0.3, -0.25) is 14.9 Å². The molecule has 0 saturated carbocycles. The summed E-state index contributed by atoms with van der Waals surface area (Å²) in [6.45, 7) is 2.64. The van der Waals surface area contributed by atoms with Crippen molar-refractivity contribution < 1.29 is 19.4 Å². The van der Waals surface area contributed by atoms with Crippen molar-refractivity contribution in [1.29, 1.82) is 0 Å². The van der Waals surface area contributed by atoms with Gasteiger partial charge in [-0.15, -0.1) is 0 Å². The smallest absolute Gasteiger partial charge is 0.273 e. The Labute approximate surface area is 196 Å². The van der Waals surface area contributed by atoms with Crippen LogP contribution < -0.4 is 9.47 Å². The van der Waals surface area contributed by atoms with Gasteiger partial charge in [0.25, 0.3) is 5.91 Å². The maximum Gasteiger partial charge on any atom is 0.273 e. The minimum atomic E-state index is -0.432. The Balaban J connectivity index is 1.64. The summed E-state index contributed by atoms with van der Waals surface area (Å²) >= 11 is 0. The molecule has 1 amide bonds. The number of methoxy groups -OCH3 is 1. The predicted octanol–water partition coefficient (Wildman–Crippen LogP) is 4.33. The van der Waals surface area contributed by atoms with Crippen molar-refractivity contribution in [3.8, 4) is 28.5 Å². The second-order valence-corrected chi connectivity index (χ2v) is 7.95. The van der Waals surface area contributed by atoms with Crippen molar-refractivity contribution in [2.45, 2.75) is 19.5 Å². The second-order valence-electron chi connectivity index (χ2n) is 7.95. The largest absolute Gasteiger partial charge is 0.504 e.